The van der Waals surface area contributed by atoms with Crippen molar-refractivity contribution in [2.24, 2.45) is 23.5 Å². The van der Waals surface area contributed by atoms with Crippen LogP contribution in [0.5, 0.6) is 5.75 Å². The summed E-state index contributed by atoms with van der Waals surface area (Å²) in [4.78, 5) is 14.8. The number of likely N-dealkylation sites (N-methyl/N-ethyl adjacent to an activating group) is 1. The van der Waals surface area contributed by atoms with E-state index in [1.54, 1.807) is 6.07 Å². The Kier molecular flexibility index (Phi) is 10.4. The third kappa shape index (κ3) is 6.39. The van der Waals surface area contributed by atoms with Crippen molar-refractivity contribution < 1.29 is 9.53 Å². The topological polar surface area (TPSA) is 67.6 Å². The first-order valence-corrected chi connectivity index (χ1v) is 9.95. The van der Waals surface area contributed by atoms with Gasteiger partial charge in [-0.3, -0.25) is 4.79 Å². The van der Waals surface area contributed by atoms with E-state index in [0.717, 1.165) is 37.9 Å². The van der Waals surface area contributed by atoms with Gasteiger partial charge in [-0.15, -0.1) is 24.8 Å². The number of ether oxygens (including phenoxy) is 1. The Labute approximate surface area is 185 Å². The maximum atomic E-state index is 12.7. The summed E-state index contributed by atoms with van der Waals surface area (Å²) < 4.78 is 5.69. The molecule has 8 heteroatoms. The summed E-state index contributed by atoms with van der Waals surface area (Å²) in [6.45, 7) is 1.39. The van der Waals surface area contributed by atoms with Crippen molar-refractivity contribution in [3.05, 3.63) is 23.2 Å². The maximum Gasteiger partial charge on any atom is 0.227 e. The fraction of sp³-hybridized carbons (Fsp3) is 0.650. The molecule has 2 aliphatic carbocycles. The SMILES string of the molecule is CN(C)CCOc1ccc(NC(=O)C2CC3CCCC(C2)C3N)cc1Cl.Cl.Cl. The van der Waals surface area contributed by atoms with Crippen molar-refractivity contribution in [3.63, 3.8) is 0 Å². The van der Waals surface area contributed by atoms with E-state index in [1.165, 1.54) is 6.42 Å². The van der Waals surface area contributed by atoms with Gasteiger partial charge in [0, 0.05) is 24.2 Å². The molecule has 1 aromatic carbocycles. The van der Waals surface area contributed by atoms with E-state index in [4.69, 9.17) is 22.1 Å². The highest BCUT2D eigenvalue weighted by molar-refractivity contribution is 6.32. The Balaban J connectivity index is 0.00000196. The van der Waals surface area contributed by atoms with E-state index in [9.17, 15) is 4.79 Å². The molecule has 2 bridgehead atoms. The van der Waals surface area contributed by atoms with Gasteiger partial charge in [0.05, 0.1) is 5.02 Å². The highest BCUT2D eigenvalue weighted by Crippen LogP contribution is 2.42. The van der Waals surface area contributed by atoms with Gasteiger partial charge >= 0.3 is 0 Å². The molecule has 3 rings (SSSR count). The lowest BCUT2D eigenvalue weighted by Crippen LogP contribution is -2.48. The number of nitrogens with two attached hydrogens (primary N) is 1. The monoisotopic (exact) mass is 451 g/mol. The third-order valence-electron chi connectivity index (χ3n) is 5.78. The van der Waals surface area contributed by atoms with E-state index in [-0.39, 0.29) is 42.7 Å². The fourth-order valence-corrected chi connectivity index (χ4v) is 4.52. The number of hydrogen-bond acceptors (Lipinski definition) is 4. The highest BCUT2D eigenvalue weighted by Gasteiger charge is 2.40. The highest BCUT2D eigenvalue weighted by atomic mass is 35.5. The van der Waals surface area contributed by atoms with Crippen LogP contribution in [0.25, 0.3) is 0 Å². The van der Waals surface area contributed by atoms with Gasteiger partial charge < -0.3 is 20.7 Å². The van der Waals surface area contributed by atoms with Crippen LogP contribution in [0.1, 0.15) is 32.1 Å². The Morgan fingerprint density at radius 1 is 1.25 bits per heavy atom. The summed E-state index contributed by atoms with van der Waals surface area (Å²) in [6, 6.07) is 5.71. The van der Waals surface area contributed by atoms with Gasteiger partial charge in [0.15, 0.2) is 0 Å². The molecule has 0 radical (unpaired) electrons. The molecule has 1 aromatic rings. The number of benzene rings is 1. The number of nitrogens with one attached hydrogen (secondary N) is 1. The molecule has 0 saturated heterocycles. The molecule has 5 nitrogen and oxygen atoms in total. The van der Waals surface area contributed by atoms with Crippen LogP contribution in [0.4, 0.5) is 5.69 Å². The molecule has 0 spiro atoms. The summed E-state index contributed by atoms with van der Waals surface area (Å²) in [5.74, 6) is 1.78. The second-order valence-corrected chi connectivity index (χ2v) is 8.39. The fourth-order valence-electron chi connectivity index (χ4n) is 4.28. The van der Waals surface area contributed by atoms with Gasteiger partial charge in [-0.1, -0.05) is 18.0 Å². The van der Waals surface area contributed by atoms with Gasteiger partial charge in [0.1, 0.15) is 12.4 Å². The number of anilines is 1. The Hall–Kier alpha value is -0.720. The molecule has 0 heterocycles. The number of rotatable bonds is 6. The quantitative estimate of drug-likeness (QED) is 0.678. The summed E-state index contributed by atoms with van der Waals surface area (Å²) in [6.07, 6.45) is 5.38. The van der Waals surface area contributed by atoms with E-state index < -0.39 is 0 Å². The van der Waals surface area contributed by atoms with Crippen molar-refractivity contribution in [2.75, 3.05) is 32.6 Å². The molecule has 2 atom stereocenters. The number of nitrogens with zero attached hydrogens (tertiary/aromatic N) is 1. The zero-order valence-corrected chi connectivity index (χ0v) is 18.9. The van der Waals surface area contributed by atoms with Crippen LogP contribution in [-0.2, 0) is 4.79 Å². The first-order valence-electron chi connectivity index (χ1n) is 9.57. The summed E-state index contributed by atoms with van der Waals surface area (Å²) in [5, 5.41) is 3.55. The zero-order valence-electron chi connectivity index (χ0n) is 16.5. The number of halogens is 3. The molecule has 2 unspecified atom stereocenters. The average Bonchev–Trinajstić information content (AvgIpc) is 2.56. The summed E-state index contributed by atoms with van der Waals surface area (Å²) >= 11 is 6.30. The number of fused-ring (bicyclic) bond motifs is 2. The molecular weight excluding hydrogens is 421 g/mol. The molecule has 1 amide bonds. The lowest BCUT2D eigenvalue weighted by Gasteiger charge is -2.43. The summed E-state index contributed by atoms with van der Waals surface area (Å²) in [5.41, 5.74) is 7.05. The van der Waals surface area contributed by atoms with Crippen LogP contribution in [0.2, 0.25) is 5.02 Å². The molecule has 3 N–H and O–H groups in total. The molecule has 2 saturated carbocycles. The van der Waals surface area contributed by atoms with Gasteiger partial charge in [-0.05, 0) is 69.8 Å². The van der Waals surface area contributed by atoms with Gasteiger partial charge in [-0.25, -0.2) is 0 Å². The first kappa shape index (κ1) is 25.3. The van der Waals surface area contributed by atoms with Crippen LogP contribution >= 0.6 is 36.4 Å². The molecule has 28 heavy (non-hydrogen) atoms. The minimum atomic E-state index is 0. The Morgan fingerprint density at radius 3 is 2.46 bits per heavy atom. The van der Waals surface area contributed by atoms with Gasteiger partial charge in [0.2, 0.25) is 5.91 Å². The van der Waals surface area contributed by atoms with Crippen LogP contribution in [0.3, 0.4) is 0 Å². The minimum absolute atomic E-state index is 0. The van der Waals surface area contributed by atoms with Crippen LogP contribution in [0, 0.1) is 17.8 Å². The average molecular weight is 453 g/mol. The van der Waals surface area contributed by atoms with Crippen molar-refractivity contribution in [1.29, 1.82) is 0 Å². The number of carbonyl (C=O) groups is 1. The predicted molar refractivity (Wildman–Crippen MR) is 120 cm³/mol. The zero-order chi connectivity index (χ0) is 18.7. The number of hydrogen-bond donors (Lipinski definition) is 2. The number of amides is 1. The van der Waals surface area contributed by atoms with Gasteiger partial charge in [-0.2, -0.15) is 0 Å². The lowest BCUT2D eigenvalue weighted by atomic mass is 9.65. The Bertz CT molecular complexity index is 631. The molecule has 2 fully saturated rings. The largest absolute Gasteiger partial charge is 0.491 e. The van der Waals surface area contributed by atoms with Crippen LogP contribution in [-0.4, -0.2) is 44.1 Å². The van der Waals surface area contributed by atoms with Crippen molar-refractivity contribution >= 4 is 48.0 Å². The first-order chi connectivity index (χ1) is 12.4. The van der Waals surface area contributed by atoms with Gasteiger partial charge in [0.25, 0.3) is 0 Å². The Morgan fingerprint density at radius 2 is 1.89 bits per heavy atom. The number of carbonyl (C=O) groups excluding carboxylic acids is 1. The van der Waals surface area contributed by atoms with Crippen molar-refractivity contribution in [1.82, 2.24) is 4.90 Å². The predicted octanol–water partition coefficient (Wildman–Crippen LogP) is 4.22. The lowest BCUT2D eigenvalue weighted by molar-refractivity contribution is -0.122. The second-order valence-electron chi connectivity index (χ2n) is 7.98. The van der Waals surface area contributed by atoms with E-state index >= 15 is 0 Å². The second kappa shape index (κ2) is 11.5. The third-order valence-corrected chi connectivity index (χ3v) is 6.07. The van der Waals surface area contributed by atoms with Crippen molar-refractivity contribution in [2.45, 2.75) is 38.1 Å². The summed E-state index contributed by atoms with van der Waals surface area (Å²) in [7, 11) is 3.99. The normalized spacial score (nSPS) is 26.0. The van der Waals surface area contributed by atoms with E-state index in [1.807, 2.05) is 31.1 Å². The van der Waals surface area contributed by atoms with Crippen molar-refractivity contribution in [3.8, 4) is 5.75 Å². The molecular formula is C20H32Cl3N3O2. The standard InChI is InChI=1S/C20H30ClN3O2.2ClH/c1-24(2)8-9-26-18-7-6-16(12-17(18)21)23-20(25)15-10-13-4-3-5-14(11-15)19(13)22;;/h6-7,12-15,19H,3-5,8-11,22H2,1-2H3,(H,23,25);2*1H. The van der Waals surface area contributed by atoms with Crippen LogP contribution < -0.4 is 15.8 Å². The van der Waals surface area contributed by atoms with Crippen LogP contribution in [0.15, 0.2) is 18.2 Å². The maximum absolute atomic E-state index is 12.7. The smallest absolute Gasteiger partial charge is 0.227 e. The molecule has 0 aliphatic heterocycles. The van der Waals surface area contributed by atoms with E-state index in [2.05, 4.69) is 5.32 Å². The molecule has 160 valence electrons. The van der Waals surface area contributed by atoms with E-state index in [0.29, 0.717) is 29.2 Å². The molecule has 2 aliphatic rings. The molecule has 0 aromatic heterocycles. The minimum Gasteiger partial charge on any atom is -0.491 e.